The number of unbranched alkanes of at least 4 members (excludes halogenated alkanes) is 3. The monoisotopic (exact) mass is 354 g/mol. The molecule has 1 aromatic heterocycles. The Morgan fingerprint density at radius 3 is 2.38 bits per heavy atom. The molecule has 24 heavy (non-hydrogen) atoms. The van der Waals surface area contributed by atoms with Crippen LogP contribution in [0.15, 0.2) is 6.33 Å². The number of ether oxygens (including phenoxy) is 1. The fraction of sp³-hybridized carbons (Fsp3) is 0.833. The zero-order chi connectivity index (χ0) is 17.8. The summed E-state index contributed by atoms with van der Waals surface area (Å²) in [6, 6.07) is 0. The molecule has 1 aliphatic rings. The molecule has 6 heteroatoms. The molecule has 2 heterocycles. The summed E-state index contributed by atoms with van der Waals surface area (Å²) in [4.78, 5) is 14.9. The van der Waals surface area contributed by atoms with Crippen LogP contribution in [0.25, 0.3) is 0 Å². The van der Waals surface area contributed by atoms with Gasteiger partial charge in [0.2, 0.25) is 11.2 Å². The topological polar surface area (TPSA) is 51.1 Å². The van der Waals surface area contributed by atoms with Crippen molar-refractivity contribution in [1.82, 2.24) is 15.0 Å². The lowest BCUT2D eigenvalue weighted by Crippen LogP contribution is -2.63. The van der Waals surface area contributed by atoms with Crippen LogP contribution in [-0.2, 0) is 4.74 Å². The van der Waals surface area contributed by atoms with E-state index in [0.717, 1.165) is 25.9 Å². The molecule has 1 aliphatic heterocycles. The third-order valence-corrected chi connectivity index (χ3v) is 4.93. The number of anilines is 1. The van der Waals surface area contributed by atoms with Gasteiger partial charge >= 0.3 is 0 Å². The number of rotatable bonds is 7. The Labute approximate surface area is 151 Å². The van der Waals surface area contributed by atoms with Crippen molar-refractivity contribution in [1.29, 1.82) is 0 Å². The van der Waals surface area contributed by atoms with E-state index in [4.69, 9.17) is 16.3 Å². The molecular weight excluding hydrogens is 324 g/mol. The van der Waals surface area contributed by atoms with Crippen molar-refractivity contribution in [3.05, 3.63) is 11.6 Å². The highest BCUT2D eigenvalue weighted by Gasteiger charge is 2.47. The first-order chi connectivity index (χ1) is 11.3. The molecule has 0 bridgehead atoms. The van der Waals surface area contributed by atoms with Crippen LogP contribution >= 0.6 is 11.6 Å². The molecule has 0 atom stereocenters. The number of halogens is 1. The minimum absolute atomic E-state index is 0.111. The molecule has 0 aromatic carbocycles. The molecule has 1 saturated heterocycles. The Bertz CT molecular complexity index is 518. The van der Waals surface area contributed by atoms with Gasteiger partial charge in [-0.1, -0.05) is 26.2 Å². The van der Waals surface area contributed by atoms with Gasteiger partial charge in [0.1, 0.15) is 6.33 Å². The number of piperidine rings is 1. The lowest BCUT2D eigenvalue weighted by atomic mass is 9.78. The van der Waals surface area contributed by atoms with Crippen LogP contribution < -0.4 is 4.90 Å². The van der Waals surface area contributed by atoms with Gasteiger partial charge in [-0.05, 0) is 58.6 Å². The summed E-state index contributed by atoms with van der Waals surface area (Å²) in [5, 5.41) is 0.237. The van der Waals surface area contributed by atoms with Crippen molar-refractivity contribution in [3.63, 3.8) is 0 Å². The smallest absolute Gasteiger partial charge is 0.230 e. The van der Waals surface area contributed by atoms with Gasteiger partial charge in [0.15, 0.2) is 0 Å². The van der Waals surface area contributed by atoms with Crippen LogP contribution in [0.1, 0.15) is 73.1 Å². The fourth-order valence-corrected chi connectivity index (χ4v) is 4.12. The summed E-state index contributed by atoms with van der Waals surface area (Å²) in [5.41, 5.74) is -0.221. The lowest BCUT2D eigenvalue weighted by molar-refractivity contribution is -0.00889. The molecule has 0 aliphatic carbocycles. The Kier molecular flexibility index (Phi) is 6.43. The van der Waals surface area contributed by atoms with E-state index >= 15 is 0 Å². The second-order valence-corrected chi connectivity index (χ2v) is 8.31. The minimum atomic E-state index is -0.111. The molecule has 1 fully saturated rings. The molecule has 1 aromatic rings. The Morgan fingerprint density at radius 1 is 1.12 bits per heavy atom. The van der Waals surface area contributed by atoms with Crippen LogP contribution in [0.5, 0.6) is 0 Å². The predicted molar refractivity (Wildman–Crippen MR) is 98.6 cm³/mol. The number of hydrogen-bond acceptors (Lipinski definition) is 5. The maximum Gasteiger partial charge on any atom is 0.230 e. The van der Waals surface area contributed by atoms with Gasteiger partial charge in [-0.3, -0.25) is 0 Å². The van der Waals surface area contributed by atoms with Crippen molar-refractivity contribution in [2.24, 2.45) is 0 Å². The van der Waals surface area contributed by atoms with E-state index in [0.29, 0.717) is 5.95 Å². The standard InChI is InChI=1S/C18H31ClN4O/c1-6-7-8-9-10-24-14-11-17(2,3)23(18(4,5)12-14)16-21-13-20-15(19)22-16/h13-14H,6-12H2,1-5H3. The van der Waals surface area contributed by atoms with E-state index in [1.807, 2.05) is 0 Å². The second-order valence-electron chi connectivity index (χ2n) is 7.98. The average Bonchev–Trinajstić information content (AvgIpc) is 2.44. The largest absolute Gasteiger partial charge is 0.378 e. The van der Waals surface area contributed by atoms with Crippen molar-refractivity contribution < 1.29 is 4.74 Å². The summed E-state index contributed by atoms with van der Waals surface area (Å²) in [7, 11) is 0. The number of hydrogen-bond donors (Lipinski definition) is 0. The van der Waals surface area contributed by atoms with Gasteiger partial charge in [-0.2, -0.15) is 4.98 Å². The predicted octanol–water partition coefficient (Wildman–Crippen LogP) is 4.65. The maximum absolute atomic E-state index is 6.20. The molecule has 0 radical (unpaired) electrons. The summed E-state index contributed by atoms with van der Waals surface area (Å²) in [6.45, 7) is 12.0. The molecule has 0 N–H and O–H groups in total. The van der Waals surface area contributed by atoms with Crippen LogP contribution in [0.3, 0.4) is 0 Å². The molecular formula is C18H31ClN4O. The highest BCUT2D eigenvalue weighted by Crippen LogP contribution is 2.41. The van der Waals surface area contributed by atoms with Crippen LogP contribution in [-0.4, -0.2) is 38.7 Å². The van der Waals surface area contributed by atoms with Gasteiger partial charge in [-0.15, -0.1) is 0 Å². The summed E-state index contributed by atoms with van der Waals surface area (Å²) >= 11 is 5.98. The third kappa shape index (κ3) is 4.79. The molecule has 0 spiro atoms. The highest BCUT2D eigenvalue weighted by atomic mass is 35.5. The Morgan fingerprint density at radius 2 is 1.79 bits per heavy atom. The van der Waals surface area contributed by atoms with Crippen LogP contribution in [0.4, 0.5) is 5.95 Å². The number of aromatic nitrogens is 3. The molecule has 0 saturated carbocycles. The summed E-state index contributed by atoms with van der Waals surface area (Å²) in [5.74, 6) is 0.645. The molecule has 2 rings (SSSR count). The van der Waals surface area contributed by atoms with E-state index in [-0.39, 0.29) is 22.5 Å². The fourth-order valence-electron chi connectivity index (χ4n) is 4.00. The Balaban J connectivity index is 2.06. The first-order valence-corrected chi connectivity index (χ1v) is 9.40. The van der Waals surface area contributed by atoms with E-state index < -0.39 is 0 Å². The van der Waals surface area contributed by atoms with E-state index in [1.165, 1.54) is 25.6 Å². The number of nitrogens with zero attached hydrogens (tertiary/aromatic N) is 4. The SMILES string of the molecule is CCCCCCOC1CC(C)(C)N(c2ncnc(Cl)n2)C(C)(C)C1. The second kappa shape index (κ2) is 7.96. The van der Waals surface area contributed by atoms with Crippen LogP contribution in [0, 0.1) is 0 Å². The summed E-state index contributed by atoms with van der Waals surface area (Å²) in [6.07, 6.45) is 8.61. The zero-order valence-corrected chi connectivity index (χ0v) is 16.4. The van der Waals surface area contributed by atoms with Gasteiger partial charge in [-0.25, -0.2) is 9.97 Å². The maximum atomic E-state index is 6.20. The highest BCUT2D eigenvalue weighted by molar-refractivity contribution is 6.28. The summed E-state index contributed by atoms with van der Waals surface area (Å²) < 4.78 is 6.20. The van der Waals surface area contributed by atoms with E-state index in [9.17, 15) is 0 Å². The van der Waals surface area contributed by atoms with Crippen molar-refractivity contribution in [3.8, 4) is 0 Å². The van der Waals surface area contributed by atoms with Gasteiger partial charge in [0.05, 0.1) is 6.10 Å². The molecule has 0 unspecified atom stereocenters. The van der Waals surface area contributed by atoms with Crippen molar-refractivity contribution in [2.75, 3.05) is 11.5 Å². The average molecular weight is 355 g/mol. The van der Waals surface area contributed by atoms with E-state index in [1.54, 1.807) is 0 Å². The van der Waals surface area contributed by atoms with Gasteiger partial charge in [0, 0.05) is 17.7 Å². The third-order valence-electron chi connectivity index (χ3n) is 4.75. The molecule has 0 amide bonds. The molecule has 5 nitrogen and oxygen atoms in total. The van der Waals surface area contributed by atoms with E-state index in [2.05, 4.69) is 54.5 Å². The first-order valence-electron chi connectivity index (χ1n) is 9.03. The van der Waals surface area contributed by atoms with Crippen molar-refractivity contribution >= 4 is 17.5 Å². The lowest BCUT2D eigenvalue weighted by Gasteiger charge is -2.55. The Hall–Kier alpha value is -0.940. The minimum Gasteiger partial charge on any atom is -0.378 e. The quantitative estimate of drug-likeness (QED) is 0.667. The zero-order valence-electron chi connectivity index (χ0n) is 15.7. The van der Waals surface area contributed by atoms with Gasteiger partial charge < -0.3 is 9.64 Å². The van der Waals surface area contributed by atoms with Crippen molar-refractivity contribution in [2.45, 2.75) is 90.3 Å². The van der Waals surface area contributed by atoms with Gasteiger partial charge in [0.25, 0.3) is 0 Å². The van der Waals surface area contributed by atoms with Crippen LogP contribution in [0.2, 0.25) is 5.28 Å². The first kappa shape index (κ1) is 19.4. The molecule has 136 valence electrons. The normalized spacial score (nSPS) is 20.3.